The number of carbonyl (C=O) groups excluding carboxylic acids is 1. The number of hydrogen-bond donors (Lipinski definition) is 1. The first-order valence-corrected chi connectivity index (χ1v) is 11.6. The van der Waals surface area contributed by atoms with Crippen LogP contribution in [0.2, 0.25) is 0 Å². The second-order valence-corrected chi connectivity index (χ2v) is 10.4. The molecule has 1 aliphatic rings. The van der Waals surface area contributed by atoms with Gasteiger partial charge in [-0.3, -0.25) is 4.79 Å². The van der Waals surface area contributed by atoms with E-state index in [4.69, 9.17) is 0 Å². The minimum Gasteiger partial charge on any atom is -0.326 e. The predicted molar refractivity (Wildman–Crippen MR) is 106 cm³/mol. The van der Waals surface area contributed by atoms with Crippen molar-refractivity contribution in [3.8, 4) is 0 Å². The third-order valence-electron chi connectivity index (χ3n) is 4.56. The van der Waals surface area contributed by atoms with Crippen molar-refractivity contribution >= 4 is 54.4 Å². The monoisotopic (exact) mass is 406 g/mol. The topological polar surface area (TPSA) is 66.5 Å². The van der Waals surface area contributed by atoms with Crippen LogP contribution in [-0.2, 0) is 14.8 Å². The van der Waals surface area contributed by atoms with Crippen molar-refractivity contribution in [3.63, 3.8) is 0 Å². The number of fused-ring (bicyclic) bond motifs is 1. The van der Waals surface area contributed by atoms with Gasteiger partial charge >= 0.3 is 0 Å². The number of amides is 1. The van der Waals surface area contributed by atoms with E-state index >= 15 is 0 Å². The van der Waals surface area contributed by atoms with Crippen molar-refractivity contribution in [2.75, 3.05) is 18.4 Å². The van der Waals surface area contributed by atoms with E-state index in [-0.39, 0.29) is 18.4 Å². The molecule has 0 spiro atoms. The Kier molecular flexibility index (Phi) is 4.83. The van der Waals surface area contributed by atoms with E-state index in [1.165, 1.54) is 20.3 Å². The summed E-state index contributed by atoms with van der Waals surface area (Å²) in [7, 11) is -3.51. The van der Waals surface area contributed by atoms with Crippen LogP contribution in [0.1, 0.15) is 12.8 Å². The Balaban J connectivity index is 1.47. The predicted octanol–water partition coefficient (Wildman–Crippen LogP) is 4.00. The Morgan fingerprint density at radius 2 is 2.04 bits per heavy atom. The molecule has 3 aromatic rings. The van der Waals surface area contributed by atoms with E-state index in [1.807, 2.05) is 29.6 Å². The Hall–Kier alpha value is -1.74. The summed E-state index contributed by atoms with van der Waals surface area (Å²) < 4.78 is 28.3. The molecule has 1 unspecified atom stereocenters. The molecule has 0 saturated carbocycles. The van der Waals surface area contributed by atoms with Gasteiger partial charge in [0.25, 0.3) is 10.0 Å². The number of piperidine rings is 1. The van der Waals surface area contributed by atoms with Crippen LogP contribution in [0.3, 0.4) is 0 Å². The maximum Gasteiger partial charge on any atom is 0.252 e. The first-order valence-electron chi connectivity index (χ1n) is 8.36. The van der Waals surface area contributed by atoms with E-state index in [1.54, 1.807) is 28.8 Å². The first-order chi connectivity index (χ1) is 12.5. The van der Waals surface area contributed by atoms with Gasteiger partial charge in [-0.1, -0.05) is 6.07 Å². The quantitative estimate of drug-likeness (QED) is 0.712. The summed E-state index contributed by atoms with van der Waals surface area (Å²) in [6.07, 6.45) is 1.38. The number of nitrogens with one attached hydrogen (secondary N) is 1. The minimum atomic E-state index is -3.51. The van der Waals surface area contributed by atoms with Gasteiger partial charge < -0.3 is 5.32 Å². The van der Waals surface area contributed by atoms with Crippen LogP contribution in [0.4, 0.5) is 5.69 Å². The summed E-state index contributed by atoms with van der Waals surface area (Å²) in [5.74, 6) is -0.456. The number of benzene rings is 1. The fourth-order valence-corrected chi connectivity index (χ4v) is 6.64. The van der Waals surface area contributed by atoms with Gasteiger partial charge in [0.1, 0.15) is 4.21 Å². The van der Waals surface area contributed by atoms with E-state index in [0.717, 1.165) is 11.1 Å². The van der Waals surface area contributed by atoms with Gasteiger partial charge in [-0.25, -0.2) is 8.42 Å². The van der Waals surface area contributed by atoms with E-state index in [2.05, 4.69) is 5.32 Å². The van der Waals surface area contributed by atoms with Crippen LogP contribution in [0.15, 0.2) is 51.4 Å². The molecule has 136 valence electrons. The highest BCUT2D eigenvalue weighted by molar-refractivity contribution is 7.91. The largest absolute Gasteiger partial charge is 0.326 e. The summed E-state index contributed by atoms with van der Waals surface area (Å²) in [5.41, 5.74) is 0.749. The van der Waals surface area contributed by atoms with Gasteiger partial charge in [0.2, 0.25) is 5.91 Å². The van der Waals surface area contributed by atoms with Crippen molar-refractivity contribution in [3.05, 3.63) is 47.2 Å². The molecule has 1 amide bonds. The smallest absolute Gasteiger partial charge is 0.252 e. The van der Waals surface area contributed by atoms with E-state index in [9.17, 15) is 13.2 Å². The van der Waals surface area contributed by atoms with Crippen molar-refractivity contribution < 1.29 is 13.2 Å². The minimum absolute atomic E-state index is 0.120. The van der Waals surface area contributed by atoms with Crippen LogP contribution < -0.4 is 5.32 Å². The molecule has 4 rings (SSSR count). The molecule has 0 aliphatic carbocycles. The molecule has 1 saturated heterocycles. The number of hydrogen-bond acceptors (Lipinski definition) is 5. The van der Waals surface area contributed by atoms with Crippen LogP contribution in [0.5, 0.6) is 0 Å². The van der Waals surface area contributed by atoms with Gasteiger partial charge in [-0.2, -0.15) is 4.31 Å². The highest BCUT2D eigenvalue weighted by Gasteiger charge is 2.33. The maximum atomic E-state index is 12.7. The molecule has 2 aromatic heterocycles. The fraction of sp³-hybridized carbons (Fsp3) is 0.278. The van der Waals surface area contributed by atoms with Crippen molar-refractivity contribution in [1.82, 2.24) is 4.31 Å². The Morgan fingerprint density at radius 3 is 2.85 bits per heavy atom. The molecule has 1 atom stereocenters. The van der Waals surface area contributed by atoms with Crippen LogP contribution in [-0.4, -0.2) is 31.7 Å². The molecule has 1 N–H and O–H groups in total. The maximum absolute atomic E-state index is 12.7. The molecule has 3 heterocycles. The van der Waals surface area contributed by atoms with Crippen molar-refractivity contribution in [2.24, 2.45) is 5.92 Å². The third kappa shape index (κ3) is 3.42. The number of carbonyl (C=O) groups is 1. The second kappa shape index (κ2) is 7.11. The van der Waals surface area contributed by atoms with Crippen molar-refractivity contribution in [1.29, 1.82) is 0 Å². The standard InChI is InChI=1S/C18H18N2O3S3/c21-18(19-15-5-6-16-13(11-15)7-10-24-16)14-3-1-8-20(12-14)26(22,23)17-4-2-9-25-17/h2,4-7,9-11,14H,1,3,8,12H2,(H,19,21). The summed E-state index contributed by atoms with van der Waals surface area (Å²) in [6.45, 7) is 0.692. The number of anilines is 1. The Bertz CT molecular complexity index is 1030. The normalized spacial score (nSPS) is 18.8. The number of thiophene rings is 2. The number of rotatable bonds is 4. The molecule has 1 aromatic carbocycles. The van der Waals surface area contributed by atoms with Crippen LogP contribution >= 0.6 is 22.7 Å². The lowest BCUT2D eigenvalue weighted by atomic mass is 9.98. The molecular formula is C18H18N2O3S3. The summed E-state index contributed by atoms with van der Waals surface area (Å²) in [6, 6.07) is 11.2. The summed E-state index contributed by atoms with van der Waals surface area (Å²) in [5, 5.41) is 7.81. The molecule has 0 bridgehead atoms. The molecule has 26 heavy (non-hydrogen) atoms. The van der Waals surface area contributed by atoms with Gasteiger partial charge in [-0.15, -0.1) is 22.7 Å². The molecule has 0 radical (unpaired) electrons. The lowest BCUT2D eigenvalue weighted by molar-refractivity contribution is -0.120. The zero-order valence-electron chi connectivity index (χ0n) is 13.9. The lowest BCUT2D eigenvalue weighted by Crippen LogP contribution is -2.43. The molecule has 8 heteroatoms. The summed E-state index contributed by atoms with van der Waals surface area (Å²) in [4.78, 5) is 12.7. The lowest BCUT2D eigenvalue weighted by Gasteiger charge is -2.30. The van der Waals surface area contributed by atoms with Crippen LogP contribution in [0, 0.1) is 5.92 Å². The average molecular weight is 407 g/mol. The van der Waals surface area contributed by atoms with Gasteiger partial charge in [0.15, 0.2) is 0 Å². The second-order valence-electron chi connectivity index (χ2n) is 6.30. The summed E-state index contributed by atoms with van der Waals surface area (Å²) >= 11 is 2.87. The van der Waals surface area contributed by atoms with Crippen LogP contribution in [0.25, 0.3) is 10.1 Å². The van der Waals surface area contributed by atoms with Crippen molar-refractivity contribution in [2.45, 2.75) is 17.1 Å². The Labute approximate surface area is 160 Å². The van der Waals surface area contributed by atoms with E-state index in [0.29, 0.717) is 23.6 Å². The molecular weight excluding hydrogens is 388 g/mol. The van der Waals surface area contributed by atoms with Gasteiger partial charge in [0.05, 0.1) is 5.92 Å². The highest BCUT2D eigenvalue weighted by atomic mass is 32.2. The number of nitrogens with zero attached hydrogens (tertiary/aromatic N) is 1. The molecule has 5 nitrogen and oxygen atoms in total. The highest BCUT2D eigenvalue weighted by Crippen LogP contribution is 2.28. The Morgan fingerprint density at radius 1 is 1.15 bits per heavy atom. The first kappa shape index (κ1) is 17.7. The SMILES string of the molecule is O=C(Nc1ccc2sccc2c1)C1CCCN(S(=O)(=O)c2cccs2)C1. The average Bonchev–Trinajstić information content (AvgIpc) is 3.33. The molecule has 1 aliphatic heterocycles. The fourth-order valence-electron chi connectivity index (χ4n) is 3.20. The number of sulfonamides is 1. The van der Waals surface area contributed by atoms with E-state index < -0.39 is 10.0 Å². The molecule has 1 fully saturated rings. The van der Waals surface area contributed by atoms with Gasteiger partial charge in [0, 0.05) is 23.5 Å². The van der Waals surface area contributed by atoms with Gasteiger partial charge in [-0.05, 0) is 59.3 Å². The zero-order valence-corrected chi connectivity index (χ0v) is 16.4. The third-order valence-corrected chi connectivity index (χ3v) is 8.70. The zero-order chi connectivity index (χ0) is 18.1.